The van der Waals surface area contributed by atoms with Crippen LogP contribution in [0.3, 0.4) is 0 Å². The average molecular weight is 383 g/mol. The highest BCUT2D eigenvalue weighted by atomic mass is 16.7. The van der Waals surface area contributed by atoms with Gasteiger partial charge in [0.05, 0.1) is 0 Å². The Bertz CT molecular complexity index is 868. The summed E-state index contributed by atoms with van der Waals surface area (Å²) in [5.41, 5.74) is 0.612. The normalized spacial score (nSPS) is 15.5. The lowest BCUT2D eigenvalue weighted by molar-refractivity contribution is -0.131. The SMILES string of the molecule is CC(=O)N(CC(=O)N1CCN(c2ncccn2)CC1)c1ccc2c(c1)OCO2. The summed E-state index contributed by atoms with van der Waals surface area (Å²) in [7, 11) is 0. The Labute approximate surface area is 162 Å². The molecule has 0 spiro atoms. The summed E-state index contributed by atoms with van der Waals surface area (Å²) in [5, 5.41) is 0. The summed E-state index contributed by atoms with van der Waals surface area (Å²) in [6.45, 7) is 4.01. The van der Waals surface area contributed by atoms with Crippen molar-refractivity contribution in [2.75, 3.05) is 49.3 Å². The van der Waals surface area contributed by atoms with Gasteiger partial charge in [-0.2, -0.15) is 0 Å². The zero-order chi connectivity index (χ0) is 19.5. The third kappa shape index (κ3) is 3.68. The number of anilines is 2. The van der Waals surface area contributed by atoms with Crippen LogP contribution in [-0.4, -0.2) is 66.2 Å². The number of aromatic nitrogens is 2. The smallest absolute Gasteiger partial charge is 0.242 e. The highest BCUT2D eigenvalue weighted by Gasteiger charge is 2.26. The van der Waals surface area contributed by atoms with E-state index in [1.165, 1.54) is 11.8 Å². The van der Waals surface area contributed by atoms with E-state index >= 15 is 0 Å². The van der Waals surface area contributed by atoms with Gasteiger partial charge >= 0.3 is 0 Å². The Balaban J connectivity index is 1.40. The van der Waals surface area contributed by atoms with E-state index in [0.717, 1.165) is 0 Å². The van der Waals surface area contributed by atoms with Crippen molar-refractivity contribution in [2.24, 2.45) is 0 Å². The van der Waals surface area contributed by atoms with Crippen molar-refractivity contribution in [3.63, 3.8) is 0 Å². The molecular weight excluding hydrogens is 362 g/mol. The lowest BCUT2D eigenvalue weighted by atomic mass is 10.2. The van der Waals surface area contributed by atoms with Crippen LogP contribution >= 0.6 is 0 Å². The van der Waals surface area contributed by atoms with Crippen LogP contribution in [0.4, 0.5) is 11.6 Å². The number of hydrogen-bond donors (Lipinski definition) is 0. The van der Waals surface area contributed by atoms with Gasteiger partial charge in [-0.15, -0.1) is 0 Å². The van der Waals surface area contributed by atoms with Gasteiger partial charge < -0.3 is 24.2 Å². The Morgan fingerprint density at radius 1 is 1.07 bits per heavy atom. The molecule has 0 radical (unpaired) electrons. The van der Waals surface area contributed by atoms with Crippen molar-refractivity contribution in [1.29, 1.82) is 0 Å². The predicted molar refractivity (Wildman–Crippen MR) is 101 cm³/mol. The minimum Gasteiger partial charge on any atom is -0.454 e. The molecule has 2 aromatic rings. The number of rotatable bonds is 4. The highest BCUT2D eigenvalue weighted by Crippen LogP contribution is 2.35. The minimum absolute atomic E-state index is 0.0170. The fraction of sp³-hybridized carbons (Fsp3) is 0.368. The summed E-state index contributed by atoms with van der Waals surface area (Å²) in [4.78, 5) is 38.7. The summed E-state index contributed by atoms with van der Waals surface area (Å²) in [6.07, 6.45) is 3.41. The Morgan fingerprint density at radius 3 is 2.50 bits per heavy atom. The second kappa shape index (κ2) is 7.71. The van der Waals surface area contributed by atoms with Crippen LogP contribution in [0.25, 0.3) is 0 Å². The molecule has 0 atom stereocenters. The molecule has 9 heteroatoms. The quantitative estimate of drug-likeness (QED) is 0.775. The molecular formula is C19H21N5O4. The largest absolute Gasteiger partial charge is 0.454 e. The summed E-state index contributed by atoms with van der Waals surface area (Å²) in [6, 6.07) is 7.00. The molecule has 28 heavy (non-hydrogen) atoms. The first kappa shape index (κ1) is 18.0. The molecule has 1 saturated heterocycles. The van der Waals surface area contributed by atoms with Crippen LogP contribution in [0.2, 0.25) is 0 Å². The zero-order valence-corrected chi connectivity index (χ0v) is 15.6. The van der Waals surface area contributed by atoms with E-state index in [0.29, 0.717) is 49.3 Å². The molecule has 1 aromatic heterocycles. The van der Waals surface area contributed by atoms with Crippen LogP contribution in [0.1, 0.15) is 6.92 Å². The number of benzene rings is 1. The number of carbonyl (C=O) groups is 2. The van der Waals surface area contributed by atoms with Gasteiger partial charge in [-0.25, -0.2) is 9.97 Å². The number of piperazine rings is 1. The molecule has 1 fully saturated rings. The van der Waals surface area contributed by atoms with Crippen LogP contribution in [0.15, 0.2) is 36.7 Å². The number of ether oxygens (including phenoxy) is 2. The molecule has 0 aliphatic carbocycles. The third-order valence-corrected chi connectivity index (χ3v) is 4.81. The van der Waals surface area contributed by atoms with E-state index in [2.05, 4.69) is 9.97 Å². The second-order valence-corrected chi connectivity index (χ2v) is 6.56. The van der Waals surface area contributed by atoms with E-state index in [1.54, 1.807) is 41.6 Å². The summed E-state index contributed by atoms with van der Waals surface area (Å²) >= 11 is 0. The van der Waals surface area contributed by atoms with E-state index in [-0.39, 0.29) is 25.2 Å². The van der Waals surface area contributed by atoms with Gasteiger partial charge in [0.2, 0.25) is 24.6 Å². The lowest BCUT2D eigenvalue weighted by Crippen LogP contribution is -2.52. The minimum atomic E-state index is -0.205. The van der Waals surface area contributed by atoms with Crippen molar-refractivity contribution in [3.05, 3.63) is 36.7 Å². The number of amides is 2. The molecule has 0 N–H and O–H groups in total. The van der Waals surface area contributed by atoms with Gasteiger partial charge in [0.15, 0.2) is 11.5 Å². The summed E-state index contributed by atoms with van der Waals surface area (Å²) in [5.74, 6) is 1.58. The maximum Gasteiger partial charge on any atom is 0.242 e. The summed E-state index contributed by atoms with van der Waals surface area (Å²) < 4.78 is 10.7. The molecule has 3 heterocycles. The maximum absolute atomic E-state index is 12.8. The maximum atomic E-state index is 12.8. The molecule has 2 aliphatic rings. The molecule has 0 bridgehead atoms. The molecule has 9 nitrogen and oxygen atoms in total. The lowest BCUT2D eigenvalue weighted by Gasteiger charge is -2.35. The van der Waals surface area contributed by atoms with E-state index in [9.17, 15) is 9.59 Å². The van der Waals surface area contributed by atoms with Crippen molar-refractivity contribution in [3.8, 4) is 11.5 Å². The van der Waals surface area contributed by atoms with Crippen molar-refractivity contribution in [2.45, 2.75) is 6.92 Å². The van der Waals surface area contributed by atoms with Crippen molar-refractivity contribution in [1.82, 2.24) is 14.9 Å². The molecule has 0 saturated carbocycles. The van der Waals surface area contributed by atoms with Gasteiger partial charge in [0.1, 0.15) is 6.54 Å². The average Bonchev–Trinajstić information content (AvgIpc) is 3.20. The van der Waals surface area contributed by atoms with Gasteiger partial charge in [0, 0.05) is 57.3 Å². The van der Waals surface area contributed by atoms with Crippen LogP contribution in [0.5, 0.6) is 11.5 Å². The molecule has 2 aliphatic heterocycles. The van der Waals surface area contributed by atoms with Gasteiger partial charge in [0.25, 0.3) is 0 Å². The van der Waals surface area contributed by atoms with Crippen LogP contribution < -0.4 is 19.3 Å². The van der Waals surface area contributed by atoms with Gasteiger partial charge in [-0.05, 0) is 18.2 Å². The molecule has 146 valence electrons. The predicted octanol–water partition coefficient (Wildman–Crippen LogP) is 0.907. The van der Waals surface area contributed by atoms with Crippen molar-refractivity contribution >= 4 is 23.5 Å². The monoisotopic (exact) mass is 383 g/mol. The van der Waals surface area contributed by atoms with Crippen LogP contribution in [-0.2, 0) is 9.59 Å². The Kier molecular flexibility index (Phi) is 4.96. The zero-order valence-electron chi connectivity index (χ0n) is 15.6. The molecule has 4 rings (SSSR count). The number of fused-ring (bicyclic) bond motifs is 1. The fourth-order valence-corrected chi connectivity index (χ4v) is 3.28. The van der Waals surface area contributed by atoms with E-state index < -0.39 is 0 Å². The van der Waals surface area contributed by atoms with E-state index in [4.69, 9.17) is 9.47 Å². The molecule has 1 aromatic carbocycles. The highest BCUT2D eigenvalue weighted by molar-refractivity contribution is 5.97. The van der Waals surface area contributed by atoms with Crippen LogP contribution in [0, 0.1) is 0 Å². The number of nitrogens with zero attached hydrogens (tertiary/aromatic N) is 5. The van der Waals surface area contributed by atoms with E-state index in [1.807, 2.05) is 4.90 Å². The first-order valence-corrected chi connectivity index (χ1v) is 9.09. The number of carbonyl (C=O) groups excluding carboxylic acids is 2. The first-order chi connectivity index (χ1) is 13.6. The molecule has 0 unspecified atom stereocenters. The topological polar surface area (TPSA) is 88.1 Å². The standard InChI is InChI=1S/C19H21N5O4/c1-14(25)24(15-3-4-16-17(11-15)28-13-27-16)12-18(26)22-7-9-23(10-8-22)19-20-5-2-6-21-19/h2-6,11H,7-10,12-13H2,1H3. The third-order valence-electron chi connectivity index (χ3n) is 4.81. The van der Waals surface area contributed by atoms with Gasteiger partial charge in [-0.1, -0.05) is 0 Å². The first-order valence-electron chi connectivity index (χ1n) is 9.09. The number of hydrogen-bond acceptors (Lipinski definition) is 7. The Morgan fingerprint density at radius 2 is 1.79 bits per heavy atom. The molecule has 2 amide bonds. The second-order valence-electron chi connectivity index (χ2n) is 6.56. The Hall–Kier alpha value is -3.36. The van der Waals surface area contributed by atoms with Gasteiger partial charge in [-0.3, -0.25) is 9.59 Å². The van der Waals surface area contributed by atoms with Crippen molar-refractivity contribution < 1.29 is 19.1 Å². The fourth-order valence-electron chi connectivity index (χ4n) is 3.28.